The zero-order valence-corrected chi connectivity index (χ0v) is 13.2. The number of piperidine rings is 2. The first kappa shape index (κ1) is 14.8. The molecule has 0 radical (unpaired) electrons. The summed E-state index contributed by atoms with van der Waals surface area (Å²) < 4.78 is 27.5. The summed E-state index contributed by atoms with van der Waals surface area (Å²) in [5, 5.41) is 3.32. The maximum Gasteiger partial charge on any atom is 0.214 e. The molecule has 0 aromatic carbocycles. The molecule has 2 aliphatic heterocycles. The fraction of sp³-hybridized carbons (Fsp3) is 1.00. The van der Waals surface area contributed by atoms with Crippen LogP contribution in [0.3, 0.4) is 0 Å². The molecule has 1 N–H and O–H groups in total. The predicted octanol–water partition coefficient (Wildman–Crippen LogP) is 1.97. The van der Waals surface area contributed by atoms with Gasteiger partial charge in [-0.3, -0.25) is 0 Å². The lowest BCUT2D eigenvalue weighted by atomic mass is 9.79. The van der Waals surface area contributed by atoms with E-state index >= 15 is 0 Å². The third-order valence-electron chi connectivity index (χ3n) is 5.45. The molecular weight excluding hydrogens is 272 g/mol. The fourth-order valence-corrected chi connectivity index (χ4v) is 6.58. The molecule has 0 aromatic rings. The zero-order chi connectivity index (χ0) is 14.0. The van der Waals surface area contributed by atoms with Crippen molar-refractivity contribution in [2.45, 2.75) is 57.4 Å². The summed E-state index contributed by atoms with van der Waals surface area (Å²) in [6, 6.07) is 0.323. The van der Waals surface area contributed by atoms with Crippen LogP contribution in [-0.4, -0.2) is 44.2 Å². The third kappa shape index (κ3) is 3.20. The lowest BCUT2D eigenvalue weighted by Gasteiger charge is -2.43. The van der Waals surface area contributed by atoms with Gasteiger partial charge in [0.05, 0.1) is 5.75 Å². The molecule has 3 aliphatic rings. The largest absolute Gasteiger partial charge is 0.317 e. The highest BCUT2D eigenvalue weighted by atomic mass is 32.2. The van der Waals surface area contributed by atoms with Crippen molar-refractivity contribution in [3.63, 3.8) is 0 Å². The highest BCUT2D eigenvalue weighted by molar-refractivity contribution is 7.89. The van der Waals surface area contributed by atoms with Gasteiger partial charge in [-0.1, -0.05) is 12.8 Å². The zero-order valence-electron chi connectivity index (χ0n) is 12.4. The molecule has 3 rings (SSSR count). The molecule has 1 aliphatic carbocycles. The van der Waals surface area contributed by atoms with Gasteiger partial charge >= 0.3 is 0 Å². The molecule has 2 atom stereocenters. The summed E-state index contributed by atoms with van der Waals surface area (Å²) in [6.07, 6.45) is 9.17. The molecule has 0 unspecified atom stereocenters. The van der Waals surface area contributed by atoms with Gasteiger partial charge in [0.25, 0.3) is 0 Å². The van der Waals surface area contributed by atoms with Gasteiger partial charge in [0, 0.05) is 12.6 Å². The van der Waals surface area contributed by atoms with Crippen LogP contribution in [0, 0.1) is 11.8 Å². The normalized spacial score (nSPS) is 33.8. The Bertz CT molecular complexity index is 416. The maximum atomic E-state index is 12.8. The fourth-order valence-electron chi connectivity index (χ4n) is 4.37. The Morgan fingerprint density at radius 2 is 1.65 bits per heavy atom. The van der Waals surface area contributed by atoms with Crippen LogP contribution in [0.25, 0.3) is 0 Å². The number of rotatable bonds is 3. The highest BCUT2D eigenvalue weighted by Gasteiger charge is 2.39. The van der Waals surface area contributed by atoms with E-state index < -0.39 is 10.0 Å². The van der Waals surface area contributed by atoms with Crippen LogP contribution in [0.2, 0.25) is 0 Å². The highest BCUT2D eigenvalue weighted by Crippen LogP contribution is 2.37. The van der Waals surface area contributed by atoms with E-state index in [1.54, 1.807) is 0 Å². The summed E-state index contributed by atoms with van der Waals surface area (Å²) in [5.41, 5.74) is 0. The van der Waals surface area contributed by atoms with E-state index in [1.807, 2.05) is 4.31 Å². The van der Waals surface area contributed by atoms with Crippen molar-refractivity contribution in [3.8, 4) is 0 Å². The summed E-state index contributed by atoms with van der Waals surface area (Å²) in [7, 11) is -3.05. The third-order valence-corrected chi connectivity index (χ3v) is 7.52. The standard InChI is InChI=1S/C15H28N2O2S/c18-20(19,12-13-7-9-16-10-8-13)17-11-3-5-14-4-1-2-6-15(14)17/h13-16H,1-12H2/t14-,15-/m1/s1. The Hall–Kier alpha value is -0.130. The van der Waals surface area contributed by atoms with Gasteiger partial charge in [-0.2, -0.15) is 4.31 Å². The first-order valence-electron chi connectivity index (χ1n) is 8.37. The van der Waals surface area contributed by atoms with Gasteiger partial charge in [-0.05, 0) is 63.5 Å². The Labute approximate surface area is 123 Å². The van der Waals surface area contributed by atoms with Crippen molar-refractivity contribution in [1.29, 1.82) is 0 Å². The summed E-state index contributed by atoms with van der Waals surface area (Å²) in [6.45, 7) is 2.73. The molecule has 20 heavy (non-hydrogen) atoms. The average Bonchev–Trinajstić information content (AvgIpc) is 2.47. The number of hydrogen-bond donors (Lipinski definition) is 1. The second kappa shape index (κ2) is 6.32. The molecule has 2 saturated heterocycles. The van der Waals surface area contributed by atoms with Gasteiger partial charge in [0.2, 0.25) is 10.0 Å². The molecule has 0 amide bonds. The topological polar surface area (TPSA) is 49.4 Å². The molecule has 4 nitrogen and oxygen atoms in total. The summed E-state index contributed by atoms with van der Waals surface area (Å²) in [4.78, 5) is 0. The van der Waals surface area contributed by atoms with Crippen LogP contribution in [0.1, 0.15) is 51.4 Å². The van der Waals surface area contributed by atoms with E-state index in [2.05, 4.69) is 5.32 Å². The van der Waals surface area contributed by atoms with Gasteiger partial charge in [-0.25, -0.2) is 8.42 Å². The van der Waals surface area contributed by atoms with E-state index in [9.17, 15) is 8.42 Å². The monoisotopic (exact) mass is 300 g/mol. The van der Waals surface area contributed by atoms with E-state index in [4.69, 9.17) is 0 Å². The molecule has 0 bridgehead atoms. The van der Waals surface area contributed by atoms with Crippen molar-refractivity contribution in [2.24, 2.45) is 11.8 Å². The van der Waals surface area contributed by atoms with Crippen LogP contribution in [0.15, 0.2) is 0 Å². The van der Waals surface area contributed by atoms with Crippen molar-refractivity contribution in [1.82, 2.24) is 9.62 Å². The average molecular weight is 300 g/mol. The Morgan fingerprint density at radius 1 is 0.950 bits per heavy atom. The predicted molar refractivity (Wildman–Crippen MR) is 81.1 cm³/mol. The van der Waals surface area contributed by atoms with Crippen LogP contribution >= 0.6 is 0 Å². The number of hydrogen-bond acceptors (Lipinski definition) is 3. The van der Waals surface area contributed by atoms with Gasteiger partial charge < -0.3 is 5.32 Å². The SMILES string of the molecule is O=S(=O)(CC1CCNCC1)N1CCC[C@H]2CCCC[C@H]21. The van der Waals surface area contributed by atoms with Crippen molar-refractivity contribution in [2.75, 3.05) is 25.4 Å². The van der Waals surface area contributed by atoms with Crippen LogP contribution in [-0.2, 0) is 10.0 Å². The first-order valence-corrected chi connectivity index (χ1v) is 9.98. The lowest BCUT2D eigenvalue weighted by Crippen LogP contribution is -2.51. The summed E-state index contributed by atoms with van der Waals surface area (Å²) in [5.74, 6) is 1.39. The summed E-state index contributed by atoms with van der Waals surface area (Å²) >= 11 is 0. The lowest BCUT2D eigenvalue weighted by molar-refractivity contribution is 0.128. The van der Waals surface area contributed by atoms with E-state index in [0.717, 1.165) is 45.3 Å². The molecular formula is C15H28N2O2S. The van der Waals surface area contributed by atoms with E-state index in [1.165, 1.54) is 25.7 Å². The molecule has 1 saturated carbocycles. The van der Waals surface area contributed by atoms with Crippen LogP contribution < -0.4 is 5.32 Å². The van der Waals surface area contributed by atoms with Crippen LogP contribution in [0.5, 0.6) is 0 Å². The number of fused-ring (bicyclic) bond motifs is 1. The number of sulfonamides is 1. The Kier molecular flexibility index (Phi) is 4.68. The minimum Gasteiger partial charge on any atom is -0.317 e. The van der Waals surface area contributed by atoms with Crippen LogP contribution in [0.4, 0.5) is 0 Å². The first-order chi connectivity index (χ1) is 9.67. The number of nitrogens with one attached hydrogen (secondary N) is 1. The van der Waals surface area contributed by atoms with Crippen molar-refractivity contribution >= 4 is 10.0 Å². The molecule has 3 fully saturated rings. The van der Waals surface area contributed by atoms with Crippen molar-refractivity contribution < 1.29 is 8.42 Å². The number of nitrogens with zero attached hydrogens (tertiary/aromatic N) is 1. The second-order valence-corrected chi connectivity index (χ2v) is 8.80. The minimum atomic E-state index is -3.05. The molecule has 5 heteroatoms. The molecule has 0 aromatic heterocycles. The minimum absolute atomic E-state index is 0.323. The van der Waals surface area contributed by atoms with Crippen molar-refractivity contribution in [3.05, 3.63) is 0 Å². The van der Waals surface area contributed by atoms with Gasteiger partial charge in [0.1, 0.15) is 0 Å². The molecule has 0 spiro atoms. The van der Waals surface area contributed by atoms with E-state index in [-0.39, 0.29) is 0 Å². The van der Waals surface area contributed by atoms with E-state index in [0.29, 0.717) is 23.6 Å². The second-order valence-electron chi connectivity index (χ2n) is 6.84. The van der Waals surface area contributed by atoms with Gasteiger partial charge in [-0.15, -0.1) is 0 Å². The smallest absolute Gasteiger partial charge is 0.214 e. The maximum absolute atomic E-state index is 12.8. The Balaban J connectivity index is 1.68. The Morgan fingerprint density at radius 3 is 2.45 bits per heavy atom. The molecule has 2 heterocycles. The quantitative estimate of drug-likeness (QED) is 0.867. The molecule has 116 valence electrons. The van der Waals surface area contributed by atoms with Gasteiger partial charge in [0.15, 0.2) is 0 Å².